The maximum absolute atomic E-state index is 11.4. The SMILES string of the molecule is O=C(O)C(Cc1ccc([N+](=O)[O-])cc1)c1cccc(Cl)c1. The lowest BCUT2D eigenvalue weighted by Crippen LogP contribution is -2.14. The number of benzene rings is 2. The van der Waals surface area contributed by atoms with E-state index in [1.165, 1.54) is 12.1 Å². The van der Waals surface area contributed by atoms with Crippen molar-refractivity contribution in [3.8, 4) is 0 Å². The van der Waals surface area contributed by atoms with Crippen molar-refractivity contribution in [2.24, 2.45) is 0 Å². The van der Waals surface area contributed by atoms with Crippen LogP contribution in [0.3, 0.4) is 0 Å². The van der Waals surface area contributed by atoms with E-state index in [-0.39, 0.29) is 12.1 Å². The van der Waals surface area contributed by atoms with Gasteiger partial charge in [-0.05, 0) is 29.7 Å². The third kappa shape index (κ3) is 3.79. The first kappa shape index (κ1) is 15.0. The minimum Gasteiger partial charge on any atom is -0.481 e. The van der Waals surface area contributed by atoms with Gasteiger partial charge in [-0.1, -0.05) is 35.9 Å². The van der Waals surface area contributed by atoms with Gasteiger partial charge in [-0.3, -0.25) is 14.9 Å². The summed E-state index contributed by atoms with van der Waals surface area (Å²) < 4.78 is 0. The average Bonchev–Trinajstić information content (AvgIpc) is 2.45. The van der Waals surface area contributed by atoms with Crippen LogP contribution >= 0.6 is 11.6 Å². The zero-order valence-electron chi connectivity index (χ0n) is 10.9. The van der Waals surface area contributed by atoms with E-state index in [2.05, 4.69) is 0 Å². The van der Waals surface area contributed by atoms with Crippen molar-refractivity contribution in [3.63, 3.8) is 0 Å². The molecule has 0 saturated carbocycles. The lowest BCUT2D eigenvalue weighted by molar-refractivity contribution is -0.384. The van der Waals surface area contributed by atoms with Crippen LogP contribution in [0.25, 0.3) is 0 Å². The van der Waals surface area contributed by atoms with Crippen molar-refractivity contribution < 1.29 is 14.8 Å². The molecule has 0 aliphatic rings. The summed E-state index contributed by atoms with van der Waals surface area (Å²) in [7, 11) is 0. The molecule has 6 heteroatoms. The maximum atomic E-state index is 11.4. The maximum Gasteiger partial charge on any atom is 0.311 e. The van der Waals surface area contributed by atoms with Gasteiger partial charge in [0.25, 0.3) is 5.69 Å². The number of hydrogen-bond acceptors (Lipinski definition) is 3. The summed E-state index contributed by atoms with van der Waals surface area (Å²) in [4.78, 5) is 21.5. The average molecular weight is 306 g/mol. The number of hydrogen-bond donors (Lipinski definition) is 1. The van der Waals surface area contributed by atoms with Crippen molar-refractivity contribution in [1.29, 1.82) is 0 Å². The molecule has 0 saturated heterocycles. The van der Waals surface area contributed by atoms with Gasteiger partial charge in [0.2, 0.25) is 0 Å². The molecule has 0 aliphatic heterocycles. The fourth-order valence-corrected chi connectivity index (χ4v) is 2.26. The van der Waals surface area contributed by atoms with Gasteiger partial charge in [-0.2, -0.15) is 0 Å². The van der Waals surface area contributed by atoms with Crippen LogP contribution in [0.2, 0.25) is 5.02 Å². The number of rotatable bonds is 5. The van der Waals surface area contributed by atoms with Crippen molar-refractivity contribution in [2.45, 2.75) is 12.3 Å². The van der Waals surface area contributed by atoms with E-state index in [0.29, 0.717) is 16.1 Å². The summed E-state index contributed by atoms with van der Waals surface area (Å²) in [6, 6.07) is 12.6. The molecule has 0 bridgehead atoms. The highest BCUT2D eigenvalue weighted by Gasteiger charge is 2.21. The highest BCUT2D eigenvalue weighted by molar-refractivity contribution is 6.30. The third-order valence-electron chi connectivity index (χ3n) is 3.14. The standard InChI is InChI=1S/C15H12ClNO4/c16-12-3-1-2-11(9-12)14(15(18)19)8-10-4-6-13(7-5-10)17(20)21/h1-7,9,14H,8H2,(H,18,19). The predicted octanol–water partition coefficient (Wildman–Crippen LogP) is 3.66. The van der Waals surface area contributed by atoms with Gasteiger partial charge in [0.15, 0.2) is 0 Å². The van der Waals surface area contributed by atoms with Gasteiger partial charge in [0.05, 0.1) is 10.8 Å². The van der Waals surface area contributed by atoms with Gasteiger partial charge in [0.1, 0.15) is 0 Å². The molecule has 2 rings (SSSR count). The topological polar surface area (TPSA) is 80.4 Å². The first-order chi connectivity index (χ1) is 9.97. The minimum absolute atomic E-state index is 0.0200. The lowest BCUT2D eigenvalue weighted by atomic mass is 9.92. The van der Waals surface area contributed by atoms with Crippen molar-refractivity contribution in [1.82, 2.24) is 0 Å². The molecule has 21 heavy (non-hydrogen) atoms. The van der Waals surface area contributed by atoms with Crippen LogP contribution in [0.4, 0.5) is 5.69 Å². The smallest absolute Gasteiger partial charge is 0.311 e. The van der Waals surface area contributed by atoms with Crippen LogP contribution in [0.15, 0.2) is 48.5 Å². The number of carboxylic acids is 1. The first-order valence-corrected chi connectivity index (χ1v) is 6.57. The highest BCUT2D eigenvalue weighted by atomic mass is 35.5. The molecular formula is C15H12ClNO4. The number of aliphatic carboxylic acids is 1. The van der Waals surface area contributed by atoms with E-state index < -0.39 is 16.8 Å². The Balaban J connectivity index is 2.24. The molecule has 108 valence electrons. The van der Waals surface area contributed by atoms with Crippen LogP contribution in [0, 0.1) is 10.1 Å². The molecule has 2 aromatic carbocycles. The molecule has 1 unspecified atom stereocenters. The van der Waals surface area contributed by atoms with E-state index in [4.69, 9.17) is 11.6 Å². The molecule has 0 aromatic heterocycles. The molecule has 0 amide bonds. The van der Waals surface area contributed by atoms with Gasteiger partial charge < -0.3 is 5.11 Å². The van der Waals surface area contributed by atoms with Crippen LogP contribution < -0.4 is 0 Å². The molecule has 1 N–H and O–H groups in total. The fraction of sp³-hybridized carbons (Fsp3) is 0.133. The van der Waals surface area contributed by atoms with E-state index >= 15 is 0 Å². The summed E-state index contributed by atoms with van der Waals surface area (Å²) in [6.07, 6.45) is 0.244. The molecule has 2 aromatic rings. The molecule has 0 spiro atoms. The van der Waals surface area contributed by atoms with Gasteiger partial charge >= 0.3 is 5.97 Å². The molecule has 0 heterocycles. The van der Waals surface area contributed by atoms with Crippen molar-refractivity contribution >= 4 is 23.3 Å². The van der Waals surface area contributed by atoms with Gasteiger partial charge in [-0.25, -0.2) is 0 Å². The quantitative estimate of drug-likeness (QED) is 0.675. The number of carboxylic acid groups (broad SMARTS) is 1. The summed E-state index contributed by atoms with van der Waals surface area (Å²) in [5.74, 6) is -1.71. The second-order valence-electron chi connectivity index (χ2n) is 4.57. The molecule has 0 fully saturated rings. The van der Waals surface area contributed by atoms with Gasteiger partial charge in [0, 0.05) is 17.2 Å². The lowest BCUT2D eigenvalue weighted by Gasteiger charge is -2.13. The molecule has 1 atom stereocenters. The Bertz CT molecular complexity index is 670. The Morgan fingerprint density at radius 2 is 1.90 bits per heavy atom. The number of nitrogens with zero attached hydrogens (tertiary/aromatic N) is 1. The Kier molecular flexibility index (Phi) is 4.55. The minimum atomic E-state index is -0.962. The summed E-state index contributed by atoms with van der Waals surface area (Å²) >= 11 is 5.88. The zero-order chi connectivity index (χ0) is 15.4. The molecule has 0 radical (unpaired) electrons. The monoisotopic (exact) mass is 305 g/mol. The Morgan fingerprint density at radius 1 is 1.24 bits per heavy atom. The summed E-state index contributed by atoms with van der Waals surface area (Å²) in [5.41, 5.74) is 1.30. The van der Waals surface area contributed by atoms with Crippen LogP contribution in [0.5, 0.6) is 0 Å². The second kappa shape index (κ2) is 6.37. The molecular weight excluding hydrogens is 294 g/mol. The Hall–Kier alpha value is -2.40. The van der Waals surface area contributed by atoms with E-state index in [1.807, 2.05) is 0 Å². The second-order valence-corrected chi connectivity index (χ2v) is 5.01. The fourth-order valence-electron chi connectivity index (χ4n) is 2.06. The number of nitro groups is 1. The van der Waals surface area contributed by atoms with Crippen LogP contribution in [0.1, 0.15) is 17.0 Å². The number of carbonyl (C=O) groups is 1. The van der Waals surface area contributed by atoms with Crippen molar-refractivity contribution in [2.75, 3.05) is 0 Å². The van der Waals surface area contributed by atoms with Crippen molar-refractivity contribution in [3.05, 3.63) is 74.8 Å². The number of halogens is 1. The third-order valence-corrected chi connectivity index (χ3v) is 3.37. The normalized spacial score (nSPS) is 11.9. The predicted molar refractivity (Wildman–Crippen MR) is 78.6 cm³/mol. The van der Waals surface area contributed by atoms with E-state index in [9.17, 15) is 20.0 Å². The number of non-ortho nitro benzene ring substituents is 1. The first-order valence-electron chi connectivity index (χ1n) is 6.19. The molecule has 0 aliphatic carbocycles. The zero-order valence-corrected chi connectivity index (χ0v) is 11.7. The summed E-state index contributed by atoms with van der Waals surface area (Å²) in [6.45, 7) is 0. The number of nitro benzene ring substituents is 1. The largest absolute Gasteiger partial charge is 0.481 e. The molecule has 5 nitrogen and oxygen atoms in total. The van der Waals surface area contributed by atoms with Gasteiger partial charge in [-0.15, -0.1) is 0 Å². The van der Waals surface area contributed by atoms with E-state index in [0.717, 1.165) is 0 Å². The Labute approximate surface area is 125 Å². The van der Waals surface area contributed by atoms with E-state index in [1.54, 1.807) is 36.4 Å². The highest BCUT2D eigenvalue weighted by Crippen LogP contribution is 2.25. The Morgan fingerprint density at radius 3 is 2.43 bits per heavy atom. The summed E-state index contributed by atoms with van der Waals surface area (Å²) in [5, 5.41) is 20.4. The van der Waals surface area contributed by atoms with Crippen LogP contribution in [-0.2, 0) is 11.2 Å². The van der Waals surface area contributed by atoms with Crippen LogP contribution in [-0.4, -0.2) is 16.0 Å².